The third kappa shape index (κ3) is 4.22. The maximum absolute atomic E-state index is 11.8. The second-order valence-corrected chi connectivity index (χ2v) is 9.52. The number of amides is 1. The highest BCUT2D eigenvalue weighted by Crippen LogP contribution is 2.36. The quantitative estimate of drug-likeness (QED) is 0.606. The van der Waals surface area contributed by atoms with E-state index in [0.29, 0.717) is 30.1 Å². The molecule has 2 aromatic heterocycles. The van der Waals surface area contributed by atoms with Crippen molar-refractivity contribution >= 4 is 34.4 Å². The van der Waals surface area contributed by atoms with Gasteiger partial charge in [0.05, 0.1) is 36.9 Å². The molecule has 2 bridgehead atoms. The average molecular weight is 477 g/mol. The van der Waals surface area contributed by atoms with E-state index in [4.69, 9.17) is 19.8 Å². The number of Topliss-reactive ketones (excluding diaryl/α,β-unsaturated/α-hetero) is 1. The van der Waals surface area contributed by atoms with Crippen molar-refractivity contribution in [2.45, 2.75) is 56.8 Å². The van der Waals surface area contributed by atoms with E-state index in [9.17, 15) is 9.59 Å². The van der Waals surface area contributed by atoms with Crippen molar-refractivity contribution in [3.05, 3.63) is 30.5 Å². The third-order valence-electron chi connectivity index (χ3n) is 7.21. The molecule has 10 nitrogen and oxygen atoms in total. The Kier molecular flexibility index (Phi) is 5.60. The zero-order valence-electron chi connectivity index (χ0n) is 19.6. The lowest BCUT2D eigenvalue weighted by Gasteiger charge is -2.33. The number of carbonyl (C=O) groups is 2. The molecule has 1 aromatic carbocycles. The van der Waals surface area contributed by atoms with Crippen LogP contribution in [0.5, 0.6) is 0 Å². The van der Waals surface area contributed by atoms with E-state index in [1.165, 1.54) is 7.11 Å². The number of aromatic nitrogens is 4. The summed E-state index contributed by atoms with van der Waals surface area (Å²) in [5.74, 6) is 1.79. The van der Waals surface area contributed by atoms with Crippen LogP contribution in [0.1, 0.15) is 44.6 Å². The monoisotopic (exact) mass is 476 g/mol. The lowest BCUT2D eigenvalue weighted by Crippen LogP contribution is -2.43. The molecule has 10 heteroatoms. The van der Waals surface area contributed by atoms with Crippen LogP contribution >= 0.6 is 0 Å². The summed E-state index contributed by atoms with van der Waals surface area (Å²) in [7, 11) is 1.33. The molecule has 3 fully saturated rings. The molecule has 2 aliphatic heterocycles. The number of methoxy groups -OCH3 is 1. The van der Waals surface area contributed by atoms with Gasteiger partial charge in [0, 0.05) is 37.2 Å². The fourth-order valence-corrected chi connectivity index (χ4v) is 5.38. The zero-order chi connectivity index (χ0) is 23.9. The Balaban J connectivity index is 1.41. The smallest absolute Gasteiger partial charge is 0.411 e. The van der Waals surface area contributed by atoms with Crippen molar-refractivity contribution in [2.75, 3.05) is 30.4 Å². The molecule has 0 radical (unpaired) electrons. The van der Waals surface area contributed by atoms with Crippen molar-refractivity contribution in [2.24, 2.45) is 0 Å². The number of anilines is 2. The molecular formula is C25H28N6O4. The lowest BCUT2D eigenvalue weighted by molar-refractivity contribution is -0.120. The Morgan fingerprint density at radius 3 is 2.46 bits per heavy atom. The number of morpholine rings is 1. The zero-order valence-corrected chi connectivity index (χ0v) is 19.6. The Morgan fingerprint density at radius 1 is 1.06 bits per heavy atom. The van der Waals surface area contributed by atoms with E-state index in [2.05, 4.69) is 15.0 Å². The van der Waals surface area contributed by atoms with Crippen molar-refractivity contribution < 1.29 is 19.1 Å². The number of rotatable bonds is 4. The van der Waals surface area contributed by atoms with E-state index in [1.54, 1.807) is 12.1 Å². The van der Waals surface area contributed by atoms with E-state index < -0.39 is 6.09 Å². The van der Waals surface area contributed by atoms with Crippen molar-refractivity contribution in [3.8, 4) is 11.4 Å². The number of carbonyl (C=O) groups excluding carboxylic acids is 2. The number of benzene rings is 1. The van der Waals surface area contributed by atoms with Gasteiger partial charge in [-0.2, -0.15) is 5.10 Å². The van der Waals surface area contributed by atoms with Gasteiger partial charge in [0.25, 0.3) is 0 Å². The normalized spacial score (nSPS) is 22.5. The minimum Gasteiger partial charge on any atom is -0.453 e. The standard InChI is InChI=1S/C25H28N6O4/c1-34-25(33)27-16-4-2-15(3-5-16)22-28-23(30-13-19-10-11-20(14-30)35-19)21-12-26-31(24(21)29-22)17-6-8-18(32)9-7-17/h2-5,12,17,19-20H,6-11,13-14H2,1H3,(H,27,33). The van der Waals surface area contributed by atoms with Crippen LogP contribution in [0, 0.1) is 0 Å². The molecule has 35 heavy (non-hydrogen) atoms. The highest BCUT2D eigenvalue weighted by molar-refractivity contribution is 5.89. The van der Waals surface area contributed by atoms with Crippen LogP contribution in [-0.2, 0) is 14.3 Å². The molecule has 6 rings (SSSR count). The number of ketones is 1. The predicted octanol–water partition coefficient (Wildman–Crippen LogP) is 3.72. The first-order valence-corrected chi connectivity index (χ1v) is 12.2. The van der Waals surface area contributed by atoms with E-state index in [1.807, 2.05) is 23.0 Å². The van der Waals surface area contributed by atoms with Crippen LogP contribution in [0.3, 0.4) is 0 Å². The molecule has 1 amide bonds. The molecular weight excluding hydrogens is 448 g/mol. The number of nitrogens with one attached hydrogen (secondary N) is 1. The summed E-state index contributed by atoms with van der Waals surface area (Å²) in [6, 6.07) is 7.53. The Morgan fingerprint density at radius 2 is 1.77 bits per heavy atom. The van der Waals surface area contributed by atoms with Crippen LogP contribution < -0.4 is 10.2 Å². The summed E-state index contributed by atoms with van der Waals surface area (Å²) < 4.78 is 12.7. The molecule has 3 aliphatic rings. The average Bonchev–Trinajstić information content (AvgIpc) is 3.46. The van der Waals surface area contributed by atoms with Gasteiger partial charge >= 0.3 is 6.09 Å². The Labute approximate surface area is 202 Å². The SMILES string of the molecule is COC(=O)Nc1ccc(-c2nc(N3CC4CCC(C3)O4)c3cnn(C4CCC(=O)CC4)c3n2)cc1. The minimum atomic E-state index is -0.519. The molecule has 2 atom stereocenters. The molecule has 2 saturated heterocycles. The van der Waals surface area contributed by atoms with Gasteiger partial charge < -0.3 is 14.4 Å². The Hall–Kier alpha value is -3.53. The lowest BCUT2D eigenvalue weighted by atomic mass is 9.94. The first kappa shape index (κ1) is 22.0. The fraction of sp³-hybridized carbons (Fsp3) is 0.480. The molecule has 3 aromatic rings. The Bertz CT molecular complexity index is 1250. The topological polar surface area (TPSA) is 111 Å². The minimum absolute atomic E-state index is 0.147. The third-order valence-corrected chi connectivity index (χ3v) is 7.21. The molecule has 1 saturated carbocycles. The van der Waals surface area contributed by atoms with Crippen LogP contribution in [-0.4, -0.2) is 64.0 Å². The van der Waals surface area contributed by atoms with E-state index in [0.717, 1.165) is 61.2 Å². The first-order valence-electron chi connectivity index (χ1n) is 12.2. The van der Waals surface area contributed by atoms with Gasteiger partial charge in [0.15, 0.2) is 11.5 Å². The van der Waals surface area contributed by atoms with Crippen molar-refractivity contribution in [3.63, 3.8) is 0 Å². The van der Waals surface area contributed by atoms with Gasteiger partial charge in [-0.1, -0.05) is 0 Å². The second-order valence-electron chi connectivity index (χ2n) is 9.52. The predicted molar refractivity (Wildman–Crippen MR) is 129 cm³/mol. The summed E-state index contributed by atoms with van der Waals surface area (Å²) in [5, 5.41) is 8.32. The van der Waals surface area contributed by atoms with E-state index in [-0.39, 0.29) is 18.2 Å². The van der Waals surface area contributed by atoms with Gasteiger partial charge in [0.2, 0.25) is 0 Å². The molecule has 2 unspecified atom stereocenters. The van der Waals surface area contributed by atoms with E-state index >= 15 is 0 Å². The van der Waals surface area contributed by atoms with Crippen LogP contribution in [0.4, 0.5) is 16.3 Å². The highest BCUT2D eigenvalue weighted by Gasteiger charge is 2.35. The molecule has 1 aliphatic carbocycles. The fourth-order valence-electron chi connectivity index (χ4n) is 5.38. The summed E-state index contributed by atoms with van der Waals surface area (Å²) >= 11 is 0. The van der Waals surface area contributed by atoms with Crippen molar-refractivity contribution in [1.82, 2.24) is 19.7 Å². The molecule has 182 valence electrons. The first-order chi connectivity index (χ1) is 17.1. The largest absolute Gasteiger partial charge is 0.453 e. The highest BCUT2D eigenvalue weighted by atomic mass is 16.5. The summed E-state index contributed by atoms with van der Waals surface area (Å²) in [4.78, 5) is 35.6. The van der Waals surface area contributed by atoms with Gasteiger partial charge in [-0.25, -0.2) is 19.4 Å². The maximum Gasteiger partial charge on any atom is 0.411 e. The van der Waals surface area contributed by atoms with Gasteiger partial charge in [-0.15, -0.1) is 0 Å². The van der Waals surface area contributed by atoms with Gasteiger partial charge in [0.1, 0.15) is 11.6 Å². The van der Waals surface area contributed by atoms with Crippen LogP contribution in [0.15, 0.2) is 30.5 Å². The summed E-state index contributed by atoms with van der Waals surface area (Å²) in [6.07, 6.45) is 6.67. The van der Waals surface area contributed by atoms with Crippen LogP contribution in [0.25, 0.3) is 22.4 Å². The summed E-state index contributed by atoms with van der Waals surface area (Å²) in [6.45, 7) is 1.60. The van der Waals surface area contributed by atoms with Crippen molar-refractivity contribution in [1.29, 1.82) is 0 Å². The number of ether oxygens (including phenoxy) is 2. The molecule has 4 heterocycles. The number of nitrogens with zero attached hydrogens (tertiary/aromatic N) is 5. The summed E-state index contributed by atoms with van der Waals surface area (Å²) in [5.41, 5.74) is 2.26. The number of fused-ring (bicyclic) bond motifs is 3. The van der Waals surface area contributed by atoms with Gasteiger partial charge in [-0.05, 0) is 49.9 Å². The van der Waals surface area contributed by atoms with Crippen LogP contribution in [0.2, 0.25) is 0 Å². The number of hydrogen-bond donors (Lipinski definition) is 1. The second kappa shape index (κ2) is 8.92. The molecule has 1 N–H and O–H groups in total. The maximum atomic E-state index is 11.8. The number of hydrogen-bond acceptors (Lipinski definition) is 8. The molecule has 0 spiro atoms. The van der Waals surface area contributed by atoms with Gasteiger partial charge in [-0.3, -0.25) is 10.1 Å².